The zero-order valence-electron chi connectivity index (χ0n) is 12.9. The molecular formula is C15H19N3O5. The number of nitrogens with one attached hydrogen (secondary N) is 3. The molecule has 0 saturated carbocycles. The molecule has 3 N–H and O–H groups in total. The normalized spacial score (nSPS) is 11.0. The molecule has 0 fully saturated rings. The second-order valence-electron chi connectivity index (χ2n) is 4.53. The van der Waals surface area contributed by atoms with Crippen LogP contribution in [0.4, 0.5) is 4.79 Å². The Morgan fingerprint density at radius 3 is 2.35 bits per heavy atom. The van der Waals surface area contributed by atoms with Gasteiger partial charge in [0, 0.05) is 12.1 Å². The number of hydrogen-bond acceptors (Lipinski definition) is 5. The van der Waals surface area contributed by atoms with Gasteiger partial charge in [-0.25, -0.2) is 4.79 Å². The lowest BCUT2D eigenvalue weighted by Gasteiger charge is -2.13. The first-order valence-corrected chi connectivity index (χ1v) is 7.05. The van der Waals surface area contributed by atoms with Crippen molar-refractivity contribution in [2.24, 2.45) is 0 Å². The zero-order valence-corrected chi connectivity index (χ0v) is 12.9. The van der Waals surface area contributed by atoms with Gasteiger partial charge in [0.25, 0.3) is 11.8 Å². The second-order valence-corrected chi connectivity index (χ2v) is 4.53. The molecule has 0 spiro atoms. The van der Waals surface area contributed by atoms with Crippen molar-refractivity contribution in [3.05, 3.63) is 35.9 Å². The quantitative estimate of drug-likeness (QED) is 0.647. The van der Waals surface area contributed by atoms with Crippen LogP contribution in [0.1, 0.15) is 24.2 Å². The molecule has 0 aliphatic rings. The number of benzene rings is 1. The topological polar surface area (TPSA) is 114 Å². The number of carbonyl (C=O) groups is 4. The van der Waals surface area contributed by atoms with E-state index >= 15 is 0 Å². The highest BCUT2D eigenvalue weighted by Gasteiger charge is 2.20. The molecule has 8 heteroatoms. The smallest absolute Gasteiger partial charge is 0.326 e. The molecule has 0 saturated heterocycles. The monoisotopic (exact) mass is 321 g/mol. The van der Waals surface area contributed by atoms with Gasteiger partial charge in [0.1, 0.15) is 6.54 Å². The van der Waals surface area contributed by atoms with E-state index in [9.17, 15) is 19.2 Å². The van der Waals surface area contributed by atoms with Crippen molar-refractivity contribution in [3.63, 3.8) is 0 Å². The maximum Gasteiger partial charge on any atom is 0.326 e. The Balaban J connectivity index is 2.37. The average molecular weight is 321 g/mol. The van der Waals surface area contributed by atoms with E-state index in [2.05, 4.69) is 10.6 Å². The van der Waals surface area contributed by atoms with Gasteiger partial charge in [-0.2, -0.15) is 0 Å². The van der Waals surface area contributed by atoms with Crippen molar-refractivity contribution in [3.8, 4) is 0 Å². The Kier molecular flexibility index (Phi) is 7.25. The SMILES string of the molecule is CCNC(=O)NC(=O)C(C)OC(=O)CNC(=O)c1ccccc1. The number of urea groups is 1. The molecule has 0 heterocycles. The van der Waals surface area contributed by atoms with E-state index < -0.39 is 29.9 Å². The van der Waals surface area contributed by atoms with Gasteiger partial charge in [0.15, 0.2) is 6.10 Å². The number of ether oxygens (including phenoxy) is 1. The van der Waals surface area contributed by atoms with Gasteiger partial charge in [0.2, 0.25) is 0 Å². The number of rotatable bonds is 6. The maximum atomic E-state index is 11.7. The predicted molar refractivity (Wildman–Crippen MR) is 81.5 cm³/mol. The van der Waals surface area contributed by atoms with Crippen LogP contribution >= 0.6 is 0 Å². The molecule has 4 amide bonds. The molecule has 1 aromatic carbocycles. The number of imide groups is 1. The third-order valence-corrected chi connectivity index (χ3v) is 2.68. The van der Waals surface area contributed by atoms with Crippen molar-refractivity contribution in [1.82, 2.24) is 16.0 Å². The molecule has 0 radical (unpaired) electrons. The summed E-state index contributed by atoms with van der Waals surface area (Å²) in [5.41, 5.74) is 0.405. The van der Waals surface area contributed by atoms with Crippen LogP contribution in [0, 0.1) is 0 Å². The molecule has 124 valence electrons. The molecule has 0 aliphatic carbocycles. The lowest BCUT2D eigenvalue weighted by atomic mass is 10.2. The van der Waals surface area contributed by atoms with Crippen molar-refractivity contribution in [2.45, 2.75) is 20.0 Å². The maximum absolute atomic E-state index is 11.7. The van der Waals surface area contributed by atoms with E-state index in [1.165, 1.54) is 6.92 Å². The second kappa shape index (κ2) is 9.19. The van der Waals surface area contributed by atoms with Gasteiger partial charge in [-0.15, -0.1) is 0 Å². The molecule has 0 bridgehead atoms. The summed E-state index contributed by atoms with van der Waals surface area (Å²) in [6.45, 7) is 3.00. The van der Waals surface area contributed by atoms with Gasteiger partial charge >= 0.3 is 12.0 Å². The van der Waals surface area contributed by atoms with Crippen molar-refractivity contribution in [1.29, 1.82) is 0 Å². The van der Waals surface area contributed by atoms with E-state index in [-0.39, 0.29) is 6.54 Å². The Morgan fingerprint density at radius 1 is 1.09 bits per heavy atom. The van der Waals surface area contributed by atoms with Crippen molar-refractivity contribution in [2.75, 3.05) is 13.1 Å². The summed E-state index contributed by atoms with van der Waals surface area (Å²) in [5, 5.41) is 6.78. The van der Waals surface area contributed by atoms with Gasteiger partial charge in [-0.05, 0) is 26.0 Å². The minimum atomic E-state index is -1.15. The van der Waals surface area contributed by atoms with Crippen LogP contribution in [0.5, 0.6) is 0 Å². The molecule has 1 unspecified atom stereocenters. The molecule has 0 aromatic heterocycles. The molecule has 1 atom stereocenters. The van der Waals surface area contributed by atoms with Crippen LogP contribution in [0.25, 0.3) is 0 Å². The van der Waals surface area contributed by atoms with E-state index in [4.69, 9.17) is 4.74 Å². The largest absolute Gasteiger partial charge is 0.451 e. The molecule has 0 aliphatic heterocycles. The van der Waals surface area contributed by atoms with E-state index in [0.717, 1.165) is 0 Å². The highest BCUT2D eigenvalue weighted by Crippen LogP contribution is 1.98. The van der Waals surface area contributed by atoms with Crippen LogP contribution in [0.15, 0.2) is 30.3 Å². The first-order chi connectivity index (χ1) is 10.9. The number of esters is 1. The standard InChI is InChI=1S/C15H19N3O5/c1-3-16-15(22)18-13(20)10(2)23-12(19)9-17-14(21)11-7-5-4-6-8-11/h4-8,10H,3,9H2,1-2H3,(H,17,21)(H2,16,18,20,22). The summed E-state index contributed by atoms with van der Waals surface area (Å²) in [6.07, 6.45) is -1.15. The first kappa shape index (κ1) is 18.1. The van der Waals surface area contributed by atoms with Gasteiger partial charge < -0.3 is 15.4 Å². The number of amides is 4. The fraction of sp³-hybridized carbons (Fsp3) is 0.333. The lowest BCUT2D eigenvalue weighted by Crippen LogP contribution is -2.45. The van der Waals surface area contributed by atoms with Gasteiger partial charge in [-0.3, -0.25) is 19.7 Å². The Labute approximate surface area is 133 Å². The zero-order chi connectivity index (χ0) is 17.2. The summed E-state index contributed by atoms with van der Waals surface area (Å²) >= 11 is 0. The van der Waals surface area contributed by atoms with Gasteiger partial charge in [-0.1, -0.05) is 18.2 Å². The van der Waals surface area contributed by atoms with Crippen LogP contribution in [-0.4, -0.2) is 43.0 Å². The third-order valence-electron chi connectivity index (χ3n) is 2.68. The van der Waals surface area contributed by atoms with Crippen LogP contribution < -0.4 is 16.0 Å². The summed E-state index contributed by atoms with van der Waals surface area (Å²) in [6, 6.07) is 7.69. The van der Waals surface area contributed by atoms with E-state index in [1.54, 1.807) is 37.3 Å². The van der Waals surface area contributed by atoms with E-state index in [1.807, 2.05) is 5.32 Å². The lowest BCUT2D eigenvalue weighted by molar-refractivity contribution is -0.153. The highest BCUT2D eigenvalue weighted by molar-refractivity contribution is 5.98. The van der Waals surface area contributed by atoms with E-state index in [0.29, 0.717) is 12.1 Å². The highest BCUT2D eigenvalue weighted by atomic mass is 16.5. The van der Waals surface area contributed by atoms with Gasteiger partial charge in [0.05, 0.1) is 0 Å². The molecule has 8 nitrogen and oxygen atoms in total. The minimum absolute atomic E-state index is 0.360. The van der Waals surface area contributed by atoms with Crippen LogP contribution in [-0.2, 0) is 14.3 Å². The summed E-state index contributed by atoms with van der Waals surface area (Å²) in [5.74, 6) is -1.96. The van der Waals surface area contributed by atoms with Crippen molar-refractivity contribution < 1.29 is 23.9 Å². The van der Waals surface area contributed by atoms with Crippen LogP contribution in [0.2, 0.25) is 0 Å². The fourth-order valence-electron chi connectivity index (χ4n) is 1.55. The molecule has 1 rings (SSSR count). The first-order valence-electron chi connectivity index (χ1n) is 7.05. The molecular weight excluding hydrogens is 302 g/mol. The summed E-state index contributed by atoms with van der Waals surface area (Å²) in [4.78, 5) is 46.1. The predicted octanol–water partition coefficient (Wildman–Crippen LogP) is 0.194. The molecule has 1 aromatic rings. The summed E-state index contributed by atoms with van der Waals surface area (Å²) in [7, 11) is 0. The van der Waals surface area contributed by atoms with Crippen LogP contribution in [0.3, 0.4) is 0 Å². The number of hydrogen-bond donors (Lipinski definition) is 3. The fourth-order valence-corrected chi connectivity index (χ4v) is 1.55. The van der Waals surface area contributed by atoms with Crippen molar-refractivity contribution >= 4 is 23.8 Å². The summed E-state index contributed by atoms with van der Waals surface area (Å²) < 4.78 is 4.83. The number of carbonyl (C=O) groups excluding carboxylic acids is 4. The Morgan fingerprint density at radius 2 is 1.74 bits per heavy atom. The Bertz CT molecular complexity index is 574. The third kappa shape index (κ3) is 6.60. The molecule has 23 heavy (non-hydrogen) atoms. The Hall–Kier alpha value is -2.90. The minimum Gasteiger partial charge on any atom is -0.451 e. The average Bonchev–Trinajstić information content (AvgIpc) is 2.53.